The Morgan fingerprint density at radius 2 is 1.70 bits per heavy atom. The number of anilines is 1. The summed E-state index contributed by atoms with van der Waals surface area (Å²) in [6.45, 7) is 1.94. The summed E-state index contributed by atoms with van der Waals surface area (Å²) < 4.78 is 0. The van der Waals surface area contributed by atoms with Crippen LogP contribution in [-0.4, -0.2) is 17.0 Å². The first kappa shape index (κ1) is 13.8. The van der Waals surface area contributed by atoms with Gasteiger partial charge >= 0.3 is 5.97 Å². The molecule has 0 aliphatic heterocycles. The second-order valence-electron chi connectivity index (χ2n) is 4.50. The number of rotatable bonds is 4. The van der Waals surface area contributed by atoms with Gasteiger partial charge in [-0.25, -0.2) is 4.79 Å². The van der Waals surface area contributed by atoms with Crippen molar-refractivity contribution in [3.8, 4) is 0 Å². The normalized spacial score (nSPS) is 10.1. The highest BCUT2D eigenvalue weighted by Gasteiger charge is 2.12. The summed E-state index contributed by atoms with van der Waals surface area (Å²) in [7, 11) is 0. The Labute approximate surface area is 117 Å². The van der Waals surface area contributed by atoms with Crippen molar-refractivity contribution in [2.45, 2.75) is 13.3 Å². The van der Waals surface area contributed by atoms with Crippen LogP contribution in [0.5, 0.6) is 0 Å². The van der Waals surface area contributed by atoms with Crippen LogP contribution < -0.4 is 5.32 Å². The Kier molecular flexibility index (Phi) is 4.15. The van der Waals surface area contributed by atoms with Gasteiger partial charge in [0.2, 0.25) is 5.91 Å². The van der Waals surface area contributed by atoms with Gasteiger partial charge in [-0.1, -0.05) is 36.4 Å². The molecule has 2 aromatic carbocycles. The van der Waals surface area contributed by atoms with Crippen molar-refractivity contribution < 1.29 is 14.7 Å². The number of amides is 1. The van der Waals surface area contributed by atoms with E-state index >= 15 is 0 Å². The largest absolute Gasteiger partial charge is 0.478 e. The summed E-state index contributed by atoms with van der Waals surface area (Å²) in [5, 5.41) is 11.7. The van der Waals surface area contributed by atoms with E-state index in [4.69, 9.17) is 5.11 Å². The van der Waals surface area contributed by atoms with Gasteiger partial charge in [-0.3, -0.25) is 4.79 Å². The Morgan fingerprint density at radius 3 is 2.40 bits per heavy atom. The number of para-hydroxylation sites is 1. The fourth-order valence-electron chi connectivity index (χ4n) is 1.95. The van der Waals surface area contributed by atoms with E-state index in [9.17, 15) is 9.59 Å². The van der Waals surface area contributed by atoms with E-state index in [-0.39, 0.29) is 17.9 Å². The lowest BCUT2D eigenvalue weighted by Crippen LogP contribution is -2.17. The fraction of sp³-hybridized carbons (Fsp3) is 0.125. The first-order valence-electron chi connectivity index (χ1n) is 6.24. The predicted molar refractivity (Wildman–Crippen MR) is 76.9 cm³/mol. The SMILES string of the molecule is Cc1ccccc1CC(=O)Nc1ccccc1C(=O)O. The first-order chi connectivity index (χ1) is 9.58. The molecule has 4 nitrogen and oxygen atoms in total. The molecule has 2 N–H and O–H groups in total. The molecular formula is C16H15NO3. The highest BCUT2D eigenvalue weighted by Crippen LogP contribution is 2.16. The van der Waals surface area contributed by atoms with Crippen LogP contribution in [0.15, 0.2) is 48.5 Å². The maximum absolute atomic E-state index is 12.0. The number of carboxylic acids is 1. The van der Waals surface area contributed by atoms with Gasteiger partial charge in [0.15, 0.2) is 0 Å². The van der Waals surface area contributed by atoms with Crippen LogP contribution in [-0.2, 0) is 11.2 Å². The molecule has 0 aromatic heterocycles. The summed E-state index contributed by atoms with van der Waals surface area (Å²) in [5.41, 5.74) is 2.37. The molecular weight excluding hydrogens is 254 g/mol. The van der Waals surface area contributed by atoms with Gasteiger partial charge in [0.05, 0.1) is 17.7 Å². The molecule has 0 fully saturated rings. The van der Waals surface area contributed by atoms with E-state index in [1.807, 2.05) is 31.2 Å². The predicted octanol–water partition coefficient (Wildman–Crippen LogP) is 2.87. The molecule has 1 amide bonds. The number of aromatic carboxylic acids is 1. The fourth-order valence-corrected chi connectivity index (χ4v) is 1.95. The minimum absolute atomic E-state index is 0.0885. The molecule has 0 saturated heterocycles. The molecule has 0 saturated carbocycles. The van der Waals surface area contributed by atoms with Crippen molar-refractivity contribution in [2.75, 3.05) is 5.32 Å². The van der Waals surface area contributed by atoms with Crippen molar-refractivity contribution in [1.82, 2.24) is 0 Å². The van der Waals surface area contributed by atoms with E-state index in [2.05, 4.69) is 5.32 Å². The van der Waals surface area contributed by atoms with Crippen LogP contribution in [0.1, 0.15) is 21.5 Å². The van der Waals surface area contributed by atoms with Crippen LogP contribution in [0.3, 0.4) is 0 Å². The molecule has 0 atom stereocenters. The van der Waals surface area contributed by atoms with E-state index in [1.165, 1.54) is 6.07 Å². The quantitative estimate of drug-likeness (QED) is 0.896. The third-order valence-electron chi connectivity index (χ3n) is 3.04. The van der Waals surface area contributed by atoms with Crippen LogP contribution in [0.25, 0.3) is 0 Å². The number of carbonyl (C=O) groups excluding carboxylic acids is 1. The van der Waals surface area contributed by atoms with Gasteiger partial charge < -0.3 is 10.4 Å². The van der Waals surface area contributed by atoms with Crippen molar-refractivity contribution in [1.29, 1.82) is 0 Å². The molecule has 0 aliphatic rings. The van der Waals surface area contributed by atoms with Crippen LogP contribution >= 0.6 is 0 Å². The zero-order valence-corrected chi connectivity index (χ0v) is 11.1. The van der Waals surface area contributed by atoms with E-state index in [0.717, 1.165) is 11.1 Å². The topological polar surface area (TPSA) is 66.4 Å². The van der Waals surface area contributed by atoms with Gasteiger partial charge in [0.1, 0.15) is 0 Å². The molecule has 0 bridgehead atoms. The third-order valence-corrected chi connectivity index (χ3v) is 3.04. The van der Waals surface area contributed by atoms with Crippen LogP contribution in [0, 0.1) is 6.92 Å². The van der Waals surface area contributed by atoms with Crippen molar-refractivity contribution in [3.63, 3.8) is 0 Å². The van der Waals surface area contributed by atoms with E-state index in [0.29, 0.717) is 5.69 Å². The third kappa shape index (κ3) is 3.23. The van der Waals surface area contributed by atoms with E-state index in [1.54, 1.807) is 18.2 Å². The van der Waals surface area contributed by atoms with Crippen LogP contribution in [0.2, 0.25) is 0 Å². The smallest absolute Gasteiger partial charge is 0.337 e. The lowest BCUT2D eigenvalue weighted by molar-refractivity contribution is -0.115. The Morgan fingerprint density at radius 1 is 1.05 bits per heavy atom. The van der Waals surface area contributed by atoms with Gasteiger partial charge in [-0.05, 0) is 30.2 Å². The number of carbonyl (C=O) groups is 2. The minimum atomic E-state index is -1.06. The highest BCUT2D eigenvalue weighted by atomic mass is 16.4. The maximum Gasteiger partial charge on any atom is 0.337 e. The molecule has 20 heavy (non-hydrogen) atoms. The first-order valence-corrected chi connectivity index (χ1v) is 6.24. The number of nitrogens with one attached hydrogen (secondary N) is 1. The summed E-state index contributed by atoms with van der Waals surface area (Å²) in [5.74, 6) is -1.29. The van der Waals surface area contributed by atoms with Gasteiger partial charge in [-0.2, -0.15) is 0 Å². The molecule has 0 radical (unpaired) electrons. The molecule has 102 valence electrons. The zero-order chi connectivity index (χ0) is 14.5. The average molecular weight is 269 g/mol. The molecule has 0 aliphatic carbocycles. The summed E-state index contributed by atoms with van der Waals surface area (Å²) in [4.78, 5) is 23.1. The van der Waals surface area contributed by atoms with Crippen molar-refractivity contribution >= 4 is 17.6 Å². The lowest BCUT2D eigenvalue weighted by atomic mass is 10.1. The molecule has 0 unspecified atom stereocenters. The summed E-state index contributed by atoms with van der Waals surface area (Å²) in [6, 6.07) is 14.0. The minimum Gasteiger partial charge on any atom is -0.478 e. The van der Waals surface area contributed by atoms with Crippen LogP contribution in [0.4, 0.5) is 5.69 Å². The molecule has 0 heterocycles. The lowest BCUT2D eigenvalue weighted by Gasteiger charge is -2.09. The zero-order valence-electron chi connectivity index (χ0n) is 11.1. The van der Waals surface area contributed by atoms with Gasteiger partial charge in [0, 0.05) is 0 Å². The summed E-state index contributed by atoms with van der Waals surface area (Å²) in [6.07, 6.45) is 0.223. The van der Waals surface area contributed by atoms with Gasteiger partial charge in [0.25, 0.3) is 0 Å². The van der Waals surface area contributed by atoms with Gasteiger partial charge in [-0.15, -0.1) is 0 Å². The maximum atomic E-state index is 12.0. The molecule has 0 spiro atoms. The number of hydrogen-bond donors (Lipinski definition) is 2. The Balaban J connectivity index is 2.13. The second-order valence-corrected chi connectivity index (χ2v) is 4.50. The number of benzene rings is 2. The average Bonchev–Trinajstić information content (AvgIpc) is 2.41. The van der Waals surface area contributed by atoms with Crippen molar-refractivity contribution in [3.05, 3.63) is 65.2 Å². The van der Waals surface area contributed by atoms with Crippen molar-refractivity contribution in [2.24, 2.45) is 0 Å². The Bertz CT molecular complexity index is 650. The highest BCUT2D eigenvalue weighted by molar-refractivity contribution is 6.01. The van der Waals surface area contributed by atoms with E-state index < -0.39 is 5.97 Å². The number of aryl methyl sites for hydroxylation is 1. The Hall–Kier alpha value is -2.62. The second kappa shape index (κ2) is 6.02. The molecule has 2 rings (SSSR count). The molecule has 4 heteroatoms. The number of hydrogen-bond acceptors (Lipinski definition) is 2. The monoisotopic (exact) mass is 269 g/mol. The molecule has 2 aromatic rings. The summed E-state index contributed by atoms with van der Waals surface area (Å²) >= 11 is 0. The number of carboxylic acid groups (broad SMARTS) is 1. The standard InChI is InChI=1S/C16H15NO3/c1-11-6-2-3-7-12(11)10-15(18)17-14-9-5-4-8-13(14)16(19)20/h2-9H,10H2,1H3,(H,17,18)(H,19,20).